The summed E-state index contributed by atoms with van der Waals surface area (Å²) in [4.78, 5) is 13.6. The molecule has 2 atom stereocenters. The molecule has 1 amide bonds. The fourth-order valence-electron chi connectivity index (χ4n) is 3.03. The number of hydrogen-bond donors (Lipinski definition) is 1. The highest BCUT2D eigenvalue weighted by molar-refractivity contribution is 6.32. The number of halogens is 1. The second kappa shape index (κ2) is 5.02. The van der Waals surface area contributed by atoms with Crippen molar-refractivity contribution in [2.75, 3.05) is 20.2 Å². The normalized spacial score (nSPS) is 26.3. The van der Waals surface area contributed by atoms with E-state index in [1.165, 1.54) is 5.56 Å². The van der Waals surface area contributed by atoms with Gasteiger partial charge < -0.3 is 10.1 Å². The number of benzene rings is 1. The number of ether oxygens (including phenoxy) is 1. The molecule has 0 bridgehead atoms. The lowest BCUT2D eigenvalue weighted by Crippen LogP contribution is -2.32. The van der Waals surface area contributed by atoms with Crippen LogP contribution in [-0.4, -0.2) is 37.0 Å². The van der Waals surface area contributed by atoms with Crippen molar-refractivity contribution in [1.82, 2.24) is 10.2 Å². The topological polar surface area (TPSA) is 41.6 Å². The van der Waals surface area contributed by atoms with Gasteiger partial charge in [-0.2, -0.15) is 0 Å². The van der Waals surface area contributed by atoms with Crippen LogP contribution in [0.2, 0.25) is 5.02 Å². The molecule has 102 valence electrons. The number of likely N-dealkylation sites (tertiary alicyclic amines) is 1. The number of amides is 1. The van der Waals surface area contributed by atoms with Crippen molar-refractivity contribution in [2.45, 2.75) is 19.0 Å². The van der Waals surface area contributed by atoms with Gasteiger partial charge in [0.05, 0.1) is 12.1 Å². The number of nitrogens with one attached hydrogen (secondary N) is 1. The average molecular weight is 281 g/mol. The highest BCUT2D eigenvalue weighted by Gasteiger charge is 2.39. The first-order valence-electron chi connectivity index (χ1n) is 6.50. The van der Waals surface area contributed by atoms with Crippen molar-refractivity contribution in [3.63, 3.8) is 0 Å². The third kappa shape index (κ3) is 2.55. The molecule has 2 aliphatic rings. The van der Waals surface area contributed by atoms with Crippen LogP contribution in [-0.2, 0) is 11.3 Å². The molecule has 4 nitrogen and oxygen atoms in total. The van der Waals surface area contributed by atoms with Gasteiger partial charge in [0.1, 0.15) is 5.75 Å². The van der Waals surface area contributed by atoms with Crippen molar-refractivity contribution in [3.05, 3.63) is 28.8 Å². The number of carbonyl (C=O) groups excluding carboxylic acids is 1. The van der Waals surface area contributed by atoms with Crippen LogP contribution in [0, 0.1) is 5.92 Å². The van der Waals surface area contributed by atoms with Gasteiger partial charge in [-0.05, 0) is 17.7 Å². The first-order valence-corrected chi connectivity index (χ1v) is 6.87. The van der Waals surface area contributed by atoms with E-state index in [1.807, 2.05) is 18.2 Å². The Balaban J connectivity index is 1.64. The lowest BCUT2D eigenvalue weighted by molar-refractivity contribution is -0.119. The van der Waals surface area contributed by atoms with Crippen LogP contribution in [0.1, 0.15) is 12.0 Å². The minimum absolute atomic E-state index is 0.196. The number of methoxy groups -OCH3 is 1. The van der Waals surface area contributed by atoms with Gasteiger partial charge in [-0.15, -0.1) is 0 Å². The highest BCUT2D eigenvalue weighted by atomic mass is 35.5. The summed E-state index contributed by atoms with van der Waals surface area (Å²) in [7, 11) is 1.62. The van der Waals surface area contributed by atoms with Crippen molar-refractivity contribution >= 4 is 17.5 Å². The second-order valence-corrected chi connectivity index (χ2v) is 5.71. The van der Waals surface area contributed by atoms with Crippen molar-refractivity contribution in [1.29, 1.82) is 0 Å². The molecule has 1 aromatic carbocycles. The van der Waals surface area contributed by atoms with E-state index in [0.29, 0.717) is 29.2 Å². The summed E-state index contributed by atoms with van der Waals surface area (Å²) in [6, 6.07) is 6.22. The van der Waals surface area contributed by atoms with Crippen LogP contribution in [0.3, 0.4) is 0 Å². The molecule has 0 unspecified atom stereocenters. The first-order chi connectivity index (χ1) is 9.15. The van der Waals surface area contributed by atoms with Crippen LogP contribution in [0.15, 0.2) is 18.2 Å². The quantitative estimate of drug-likeness (QED) is 0.916. The molecule has 19 heavy (non-hydrogen) atoms. The summed E-state index contributed by atoms with van der Waals surface area (Å²) in [5.74, 6) is 1.37. The zero-order chi connectivity index (χ0) is 13.4. The standard InChI is InChI=1S/C14H17ClN2O2/c1-19-13-3-2-9(4-11(13)15)6-17-7-10-5-14(18)16-12(10)8-17/h2-4,10,12H,5-8H2,1H3,(H,16,18)/t10-,12+/m0/s1. The summed E-state index contributed by atoms with van der Waals surface area (Å²) in [6.45, 7) is 2.78. The molecule has 5 heteroatoms. The molecule has 1 N–H and O–H groups in total. The van der Waals surface area contributed by atoms with Gasteiger partial charge in [0.15, 0.2) is 0 Å². The van der Waals surface area contributed by atoms with Gasteiger partial charge >= 0.3 is 0 Å². The van der Waals surface area contributed by atoms with E-state index in [9.17, 15) is 4.79 Å². The van der Waals surface area contributed by atoms with Crippen molar-refractivity contribution in [2.24, 2.45) is 5.92 Å². The largest absolute Gasteiger partial charge is 0.495 e. The fraction of sp³-hybridized carbons (Fsp3) is 0.500. The summed E-state index contributed by atoms with van der Waals surface area (Å²) >= 11 is 6.13. The summed E-state index contributed by atoms with van der Waals surface area (Å²) < 4.78 is 5.15. The van der Waals surface area contributed by atoms with Crippen LogP contribution in [0.5, 0.6) is 5.75 Å². The summed E-state index contributed by atoms with van der Waals surface area (Å²) in [6.07, 6.45) is 0.671. The molecule has 2 fully saturated rings. The Morgan fingerprint density at radius 3 is 3.00 bits per heavy atom. The lowest BCUT2D eigenvalue weighted by Gasteiger charge is -2.17. The third-order valence-electron chi connectivity index (χ3n) is 3.93. The summed E-state index contributed by atoms with van der Waals surface area (Å²) in [5.41, 5.74) is 1.18. The molecule has 2 aliphatic heterocycles. The van der Waals surface area contributed by atoms with Gasteiger partial charge in [-0.1, -0.05) is 17.7 Å². The number of rotatable bonds is 3. The Bertz CT molecular complexity index is 490. The van der Waals surface area contributed by atoms with E-state index in [2.05, 4.69) is 10.2 Å². The minimum Gasteiger partial charge on any atom is -0.495 e. The summed E-state index contributed by atoms with van der Waals surface area (Å²) in [5, 5.41) is 3.68. The van der Waals surface area contributed by atoms with Crippen molar-refractivity contribution < 1.29 is 9.53 Å². The van der Waals surface area contributed by atoms with Gasteiger partial charge in [-0.25, -0.2) is 0 Å². The Morgan fingerprint density at radius 1 is 1.47 bits per heavy atom. The Morgan fingerprint density at radius 2 is 2.32 bits per heavy atom. The minimum atomic E-state index is 0.196. The number of fused-ring (bicyclic) bond motifs is 1. The van der Waals surface area contributed by atoms with Gasteiger partial charge in [-0.3, -0.25) is 9.69 Å². The molecule has 0 saturated carbocycles. The maximum Gasteiger partial charge on any atom is 0.220 e. The number of hydrogen-bond acceptors (Lipinski definition) is 3. The first kappa shape index (κ1) is 12.8. The monoisotopic (exact) mass is 280 g/mol. The second-order valence-electron chi connectivity index (χ2n) is 5.30. The molecule has 0 radical (unpaired) electrons. The molecule has 0 aliphatic carbocycles. The predicted octanol–water partition coefficient (Wildman–Crippen LogP) is 1.67. The molecule has 1 aromatic rings. The van der Waals surface area contributed by atoms with E-state index < -0.39 is 0 Å². The van der Waals surface area contributed by atoms with Gasteiger partial charge in [0.2, 0.25) is 5.91 Å². The fourth-order valence-corrected chi connectivity index (χ4v) is 3.31. The molecular formula is C14H17ClN2O2. The highest BCUT2D eigenvalue weighted by Crippen LogP contribution is 2.29. The van der Waals surface area contributed by atoms with Crippen molar-refractivity contribution in [3.8, 4) is 5.75 Å². The van der Waals surface area contributed by atoms with E-state index >= 15 is 0 Å². The number of nitrogens with zero attached hydrogens (tertiary/aromatic N) is 1. The van der Waals surface area contributed by atoms with Gasteiger partial charge in [0.25, 0.3) is 0 Å². The maximum absolute atomic E-state index is 11.3. The average Bonchev–Trinajstić information content (AvgIpc) is 2.86. The molecule has 2 saturated heterocycles. The predicted molar refractivity (Wildman–Crippen MR) is 73.3 cm³/mol. The van der Waals surface area contributed by atoms with Crippen LogP contribution in [0.25, 0.3) is 0 Å². The number of carbonyl (C=O) groups is 1. The Kier molecular flexibility index (Phi) is 3.37. The SMILES string of the molecule is COc1ccc(CN2C[C@@H]3CC(=O)N[C@@H]3C2)cc1Cl. The van der Waals surface area contributed by atoms with E-state index in [1.54, 1.807) is 7.11 Å². The molecule has 2 heterocycles. The van der Waals surface area contributed by atoms with E-state index in [-0.39, 0.29) is 5.91 Å². The molecule has 0 spiro atoms. The van der Waals surface area contributed by atoms with Gasteiger partial charge in [0, 0.05) is 38.0 Å². The third-order valence-corrected chi connectivity index (χ3v) is 4.23. The molecule has 3 rings (SSSR count). The van der Waals surface area contributed by atoms with E-state index in [4.69, 9.17) is 16.3 Å². The van der Waals surface area contributed by atoms with E-state index in [0.717, 1.165) is 19.6 Å². The zero-order valence-corrected chi connectivity index (χ0v) is 11.6. The van der Waals surface area contributed by atoms with Crippen LogP contribution in [0.4, 0.5) is 0 Å². The lowest BCUT2D eigenvalue weighted by atomic mass is 10.1. The molecule has 0 aromatic heterocycles. The smallest absolute Gasteiger partial charge is 0.220 e. The Labute approximate surface area is 117 Å². The van der Waals surface area contributed by atoms with Crippen LogP contribution >= 0.6 is 11.6 Å². The maximum atomic E-state index is 11.3. The molecular weight excluding hydrogens is 264 g/mol. The zero-order valence-electron chi connectivity index (χ0n) is 10.9. The Hall–Kier alpha value is -1.26. The van der Waals surface area contributed by atoms with Crippen LogP contribution < -0.4 is 10.1 Å².